The van der Waals surface area contributed by atoms with E-state index < -0.39 is 0 Å². The number of nitrogens with zero attached hydrogens (tertiary/aromatic N) is 3. The second kappa shape index (κ2) is 11.8. The summed E-state index contributed by atoms with van der Waals surface area (Å²) in [6, 6.07) is 14.2. The highest BCUT2D eigenvalue weighted by Gasteiger charge is 2.12. The Hall–Kier alpha value is -3.95. The smallest absolute Gasteiger partial charge is 0.253 e. The van der Waals surface area contributed by atoms with Crippen LogP contribution in [0.3, 0.4) is 0 Å². The van der Waals surface area contributed by atoms with E-state index in [4.69, 9.17) is 11.6 Å². The summed E-state index contributed by atoms with van der Waals surface area (Å²) in [6.07, 6.45) is 4.75. The number of para-hydroxylation sites is 1. The molecule has 2 amide bonds. The Morgan fingerprint density at radius 3 is 2.59 bits per heavy atom. The predicted octanol–water partition coefficient (Wildman–Crippen LogP) is 4.03. The Bertz CT molecular complexity index is 1200. The van der Waals surface area contributed by atoms with Crippen LogP contribution in [-0.4, -0.2) is 54.4 Å². The maximum atomic E-state index is 12.1. The first-order chi connectivity index (χ1) is 16.4. The quantitative estimate of drug-likeness (QED) is 0.343. The molecule has 10 heteroatoms. The fourth-order valence-corrected chi connectivity index (χ4v) is 3.06. The van der Waals surface area contributed by atoms with Crippen LogP contribution in [0, 0.1) is 0 Å². The molecule has 0 atom stereocenters. The number of hydrogen-bond donors (Lipinski definition) is 4. The summed E-state index contributed by atoms with van der Waals surface area (Å²) in [4.78, 5) is 34.9. The van der Waals surface area contributed by atoms with E-state index in [0.717, 1.165) is 0 Å². The maximum absolute atomic E-state index is 12.1. The molecule has 3 rings (SSSR count). The maximum Gasteiger partial charge on any atom is 0.253 e. The summed E-state index contributed by atoms with van der Waals surface area (Å²) < 4.78 is 0. The molecule has 0 radical (unpaired) electrons. The first kappa shape index (κ1) is 24.7. The van der Waals surface area contributed by atoms with E-state index >= 15 is 0 Å². The highest BCUT2D eigenvalue weighted by Crippen LogP contribution is 2.27. The van der Waals surface area contributed by atoms with Crippen molar-refractivity contribution in [1.29, 1.82) is 0 Å². The molecular formula is C24H26ClN7O2. The van der Waals surface area contributed by atoms with E-state index in [-0.39, 0.29) is 11.8 Å². The van der Waals surface area contributed by atoms with E-state index in [0.29, 0.717) is 46.0 Å². The number of hydrogen-bond acceptors (Lipinski definition) is 7. The van der Waals surface area contributed by atoms with Crippen LogP contribution in [0.25, 0.3) is 0 Å². The third-order valence-electron chi connectivity index (χ3n) is 4.52. The van der Waals surface area contributed by atoms with Crippen LogP contribution >= 0.6 is 11.6 Å². The van der Waals surface area contributed by atoms with Crippen molar-refractivity contribution < 1.29 is 9.59 Å². The number of carbonyl (C=O) groups is 2. The molecule has 0 unspecified atom stereocenters. The van der Waals surface area contributed by atoms with E-state index in [1.807, 2.05) is 25.1 Å². The van der Waals surface area contributed by atoms with E-state index in [1.165, 1.54) is 12.3 Å². The van der Waals surface area contributed by atoms with Crippen molar-refractivity contribution in [3.8, 4) is 0 Å². The van der Waals surface area contributed by atoms with Crippen molar-refractivity contribution >= 4 is 52.2 Å². The summed E-state index contributed by atoms with van der Waals surface area (Å²) in [6.45, 7) is 0.673. The van der Waals surface area contributed by atoms with E-state index in [1.54, 1.807) is 55.6 Å². The van der Waals surface area contributed by atoms with Crippen molar-refractivity contribution in [1.82, 2.24) is 20.2 Å². The largest absolute Gasteiger partial charge is 0.355 e. The lowest BCUT2D eigenvalue weighted by Gasteiger charge is -2.13. The average Bonchev–Trinajstić information content (AvgIpc) is 2.81. The molecule has 0 aliphatic heterocycles. The van der Waals surface area contributed by atoms with Gasteiger partial charge >= 0.3 is 0 Å². The normalized spacial score (nSPS) is 10.9. The van der Waals surface area contributed by atoms with Crippen LogP contribution in [0.15, 0.2) is 66.9 Å². The Morgan fingerprint density at radius 1 is 1.06 bits per heavy atom. The minimum atomic E-state index is -0.234. The molecule has 3 aromatic rings. The summed E-state index contributed by atoms with van der Waals surface area (Å²) in [5.74, 6) is 0.176. The summed E-state index contributed by atoms with van der Waals surface area (Å²) >= 11 is 6.29. The summed E-state index contributed by atoms with van der Waals surface area (Å²) in [5, 5.41) is 11.9. The topological polar surface area (TPSA) is 111 Å². The van der Waals surface area contributed by atoms with Gasteiger partial charge in [-0.3, -0.25) is 9.59 Å². The van der Waals surface area contributed by atoms with Gasteiger partial charge < -0.3 is 26.2 Å². The van der Waals surface area contributed by atoms with Gasteiger partial charge in [0.25, 0.3) is 5.91 Å². The molecule has 0 aliphatic carbocycles. The van der Waals surface area contributed by atoms with Crippen molar-refractivity contribution in [2.24, 2.45) is 0 Å². The van der Waals surface area contributed by atoms with Gasteiger partial charge in [0.1, 0.15) is 5.02 Å². The van der Waals surface area contributed by atoms with Crippen LogP contribution < -0.4 is 21.3 Å². The van der Waals surface area contributed by atoms with Crippen LogP contribution in [0.2, 0.25) is 5.02 Å². The van der Waals surface area contributed by atoms with Gasteiger partial charge in [-0.05, 0) is 44.4 Å². The number of likely N-dealkylation sites (N-methyl/N-ethyl adjacent to an activating group) is 1. The van der Waals surface area contributed by atoms with Gasteiger partial charge in [-0.2, -0.15) is 4.98 Å². The molecular weight excluding hydrogens is 454 g/mol. The van der Waals surface area contributed by atoms with Gasteiger partial charge in [-0.25, -0.2) is 4.98 Å². The molecule has 9 nitrogen and oxygen atoms in total. The standard InChI is InChI=1S/C24H26ClN7O2/c1-26-23(34)18-10-4-5-11-20(18)30-22-19(25)15-27-24(31-22)29-17-9-6-8-16(14-17)28-21(33)12-7-13-32(2)3/h4-12,14-15H,13H2,1-3H3,(H,26,34)(H,28,33)(H2,27,29,30,31). The Morgan fingerprint density at radius 2 is 1.82 bits per heavy atom. The molecule has 1 aromatic heterocycles. The fraction of sp³-hybridized carbons (Fsp3) is 0.167. The van der Waals surface area contributed by atoms with Crippen molar-refractivity contribution in [2.45, 2.75) is 0 Å². The number of amides is 2. The van der Waals surface area contributed by atoms with Gasteiger partial charge in [0, 0.05) is 31.0 Å². The zero-order chi connectivity index (χ0) is 24.5. The highest BCUT2D eigenvalue weighted by molar-refractivity contribution is 6.33. The van der Waals surface area contributed by atoms with Crippen LogP contribution in [0.4, 0.5) is 28.8 Å². The van der Waals surface area contributed by atoms with Crippen LogP contribution in [0.5, 0.6) is 0 Å². The average molecular weight is 480 g/mol. The van der Waals surface area contributed by atoms with E-state index in [2.05, 4.69) is 31.2 Å². The number of halogens is 1. The molecule has 0 aliphatic rings. The molecule has 2 aromatic carbocycles. The van der Waals surface area contributed by atoms with Crippen molar-refractivity contribution in [3.63, 3.8) is 0 Å². The molecule has 0 bridgehead atoms. The lowest BCUT2D eigenvalue weighted by molar-refractivity contribution is -0.111. The molecule has 0 saturated carbocycles. The molecule has 0 saturated heterocycles. The zero-order valence-electron chi connectivity index (χ0n) is 19.1. The SMILES string of the molecule is CNC(=O)c1ccccc1Nc1nc(Nc2cccc(NC(=O)C=CCN(C)C)c2)ncc1Cl. The third kappa shape index (κ3) is 7.03. The molecule has 4 N–H and O–H groups in total. The number of anilines is 5. The lowest BCUT2D eigenvalue weighted by atomic mass is 10.1. The Kier molecular flexibility index (Phi) is 8.55. The monoisotopic (exact) mass is 479 g/mol. The zero-order valence-corrected chi connectivity index (χ0v) is 19.8. The first-order valence-electron chi connectivity index (χ1n) is 10.5. The third-order valence-corrected chi connectivity index (χ3v) is 4.80. The summed E-state index contributed by atoms with van der Waals surface area (Å²) in [5.41, 5.74) is 2.31. The molecule has 0 spiro atoms. The number of aromatic nitrogens is 2. The summed E-state index contributed by atoms with van der Waals surface area (Å²) in [7, 11) is 5.42. The number of carbonyl (C=O) groups excluding carboxylic acids is 2. The molecule has 1 heterocycles. The van der Waals surface area contributed by atoms with Gasteiger partial charge in [0.2, 0.25) is 11.9 Å². The molecule has 0 fully saturated rings. The van der Waals surface area contributed by atoms with Gasteiger partial charge in [0.15, 0.2) is 5.82 Å². The second-order valence-corrected chi connectivity index (χ2v) is 7.91. The lowest BCUT2D eigenvalue weighted by Crippen LogP contribution is -2.19. The van der Waals surface area contributed by atoms with Crippen LogP contribution in [0.1, 0.15) is 10.4 Å². The number of nitrogens with one attached hydrogen (secondary N) is 4. The second-order valence-electron chi connectivity index (χ2n) is 7.50. The molecule has 176 valence electrons. The van der Waals surface area contributed by atoms with E-state index in [9.17, 15) is 9.59 Å². The molecule has 34 heavy (non-hydrogen) atoms. The van der Waals surface area contributed by atoms with Crippen molar-refractivity contribution in [3.05, 3.63) is 77.5 Å². The highest BCUT2D eigenvalue weighted by atomic mass is 35.5. The van der Waals surface area contributed by atoms with Crippen LogP contribution in [-0.2, 0) is 4.79 Å². The van der Waals surface area contributed by atoms with Gasteiger partial charge in [-0.1, -0.05) is 35.9 Å². The van der Waals surface area contributed by atoms with Gasteiger partial charge in [0.05, 0.1) is 17.4 Å². The first-order valence-corrected chi connectivity index (χ1v) is 10.8. The number of benzene rings is 2. The fourth-order valence-electron chi connectivity index (χ4n) is 2.93. The van der Waals surface area contributed by atoms with Crippen molar-refractivity contribution in [2.75, 3.05) is 43.6 Å². The Balaban J connectivity index is 1.74. The van der Waals surface area contributed by atoms with Gasteiger partial charge in [-0.15, -0.1) is 0 Å². The minimum Gasteiger partial charge on any atom is -0.355 e. The Labute approximate surface area is 203 Å². The minimum absolute atomic E-state index is 0.219. The number of rotatable bonds is 9. The predicted molar refractivity (Wildman–Crippen MR) is 136 cm³/mol.